The fourth-order valence-electron chi connectivity index (χ4n) is 2.14. The van der Waals surface area contributed by atoms with E-state index in [1.165, 1.54) is 70.6 Å². The van der Waals surface area contributed by atoms with Crippen LogP contribution >= 0.6 is 0 Å². The van der Waals surface area contributed by atoms with Crippen LogP contribution in [0.25, 0.3) is 0 Å². The molecule has 0 atom stereocenters. The van der Waals surface area contributed by atoms with Crippen LogP contribution in [-0.4, -0.2) is 5.91 Å². The molecule has 0 aromatic rings. The maximum atomic E-state index is 10.5. The van der Waals surface area contributed by atoms with E-state index >= 15 is 0 Å². The molecule has 1 amide bonds. The number of carbonyl (C=O) groups excluding carboxylic acids is 1. The molecule has 0 unspecified atom stereocenters. The maximum absolute atomic E-state index is 10.5. The highest BCUT2D eigenvalue weighted by molar-refractivity contribution is 5.73. The molecule has 0 saturated carbocycles. The van der Waals surface area contributed by atoms with Gasteiger partial charge >= 0.3 is 0 Å². The summed E-state index contributed by atoms with van der Waals surface area (Å²) in [5, 5.41) is 0. The second kappa shape index (κ2) is 19.8. The Balaban J connectivity index is 0. The van der Waals surface area contributed by atoms with E-state index in [2.05, 4.69) is 6.92 Å². The molecule has 2 N–H and O–H groups in total. The Morgan fingerprint density at radius 1 is 0.684 bits per heavy atom. The summed E-state index contributed by atoms with van der Waals surface area (Å²) in [6, 6.07) is 0. The fourth-order valence-corrected chi connectivity index (χ4v) is 2.14. The predicted octanol–water partition coefficient (Wildman–Crippen LogP) is 5.59. The van der Waals surface area contributed by atoms with Crippen molar-refractivity contribution in [2.45, 2.75) is 104 Å². The van der Waals surface area contributed by atoms with Gasteiger partial charge in [0.05, 0.1) is 0 Å². The molecule has 19 heavy (non-hydrogen) atoms. The van der Waals surface area contributed by atoms with Crippen molar-refractivity contribution in [3.8, 4) is 0 Å². The van der Waals surface area contributed by atoms with E-state index in [9.17, 15) is 4.79 Å². The zero-order valence-electron chi connectivity index (χ0n) is 13.7. The number of amides is 1. The topological polar surface area (TPSA) is 43.1 Å². The Morgan fingerprint density at radius 2 is 1.00 bits per heavy atom. The van der Waals surface area contributed by atoms with Crippen molar-refractivity contribution in [2.24, 2.45) is 5.73 Å². The smallest absolute Gasteiger partial charge is 0.217 e. The molecule has 2 heteroatoms. The van der Waals surface area contributed by atoms with E-state index in [1.54, 1.807) is 0 Å². The molecule has 0 aromatic heterocycles. The standard InChI is InChI=1S/C15H31NO.C2H6/c1-2-3-4-5-6-7-8-9-10-11-12-13-14-15(16)17;1-2/h2-14H2,1H3,(H2,16,17);1-2H3. The molecule has 0 saturated heterocycles. The fraction of sp³-hybridized carbons (Fsp3) is 0.941. The van der Waals surface area contributed by atoms with Gasteiger partial charge in [-0.2, -0.15) is 0 Å². The first-order valence-electron chi connectivity index (χ1n) is 8.55. The Kier molecular flexibility index (Phi) is 21.7. The molecule has 0 aliphatic carbocycles. The predicted molar refractivity (Wildman–Crippen MR) is 86.2 cm³/mol. The Labute approximate surface area is 121 Å². The summed E-state index contributed by atoms with van der Waals surface area (Å²) in [5.41, 5.74) is 5.08. The monoisotopic (exact) mass is 271 g/mol. The molecule has 0 spiro atoms. The Bertz CT molecular complexity index is 169. The maximum Gasteiger partial charge on any atom is 0.217 e. The lowest BCUT2D eigenvalue weighted by molar-refractivity contribution is -0.118. The van der Waals surface area contributed by atoms with Crippen LogP contribution in [0.2, 0.25) is 0 Å². The first-order valence-corrected chi connectivity index (χ1v) is 8.55. The van der Waals surface area contributed by atoms with Gasteiger partial charge < -0.3 is 5.73 Å². The van der Waals surface area contributed by atoms with Gasteiger partial charge in [-0.15, -0.1) is 0 Å². The second-order valence-electron chi connectivity index (χ2n) is 5.11. The minimum atomic E-state index is -0.155. The van der Waals surface area contributed by atoms with Crippen molar-refractivity contribution in [2.75, 3.05) is 0 Å². The average Bonchev–Trinajstić information content (AvgIpc) is 2.42. The molecule has 0 radical (unpaired) electrons. The molecule has 0 aliphatic rings. The molecule has 0 aliphatic heterocycles. The van der Waals surface area contributed by atoms with E-state index in [1.807, 2.05) is 13.8 Å². The van der Waals surface area contributed by atoms with Gasteiger partial charge in [0.25, 0.3) is 0 Å². The van der Waals surface area contributed by atoms with Crippen LogP contribution in [0.5, 0.6) is 0 Å². The highest BCUT2D eigenvalue weighted by Crippen LogP contribution is 2.12. The highest BCUT2D eigenvalue weighted by atomic mass is 16.1. The molecular formula is C17H37NO. The summed E-state index contributed by atoms with van der Waals surface area (Å²) in [6.07, 6.45) is 16.5. The van der Waals surface area contributed by atoms with Crippen molar-refractivity contribution >= 4 is 5.91 Å². The normalized spacial score (nSPS) is 9.84. The third kappa shape index (κ3) is 23.0. The van der Waals surface area contributed by atoms with E-state index in [-0.39, 0.29) is 5.91 Å². The van der Waals surface area contributed by atoms with E-state index in [4.69, 9.17) is 5.73 Å². The van der Waals surface area contributed by atoms with Gasteiger partial charge in [-0.25, -0.2) is 0 Å². The minimum absolute atomic E-state index is 0.155. The number of hydrogen-bond acceptors (Lipinski definition) is 1. The van der Waals surface area contributed by atoms with Gasteiger partial charge in [0.15, 0.2) is 0 Å². The minimum Gasteiger partial charge on any atom is -0.370 e. The largest absolute Gasteiger partial charge is 0.370 e. The van der Waals surface area contributed by atoms with Crippen molar-refractivity contribution < 1.29 is 4.79 Å². The molecule has 0 aromatic carbocycles. The van der Waals surface area contributed by atoms with E-state index in [0.29, 0.717) is 6.42 Å². The summed E-state index contributed by atoms with van der Waals surface area (Å²) < 4.78 is 0. The Morgan fingerprint density at radius 3 is 1.32 bits per heavy atom. The van der Waals surface area contributed by atoms with Crippen molar-refractivity contribution in [3.05, 3.63) is 0 Å². The molecule has 116 valence electrons. The molecule has 0 fully saturated rings. The number of primary amides is 1. The average molecular weight is 271 g/mol. The molecular weight excluding hydrogens is 234 g/mol. The van der Waals surface area contributed by atoms with Crippen LogP contribution in [0, 0.1) is 0 Å². The summed E-state index contributed by atoms with van der Waals surface area (Å²) in [5.74, 6) is -0.155. The van der Waals surface area contributed by atoms with Crippen LogP contribution < -0.4 is 5.73 Å². The lowest BCUT2D eigenvalue weighted by Gasteiger charge is -2.02. The second-order valence-corrected chi connectivity index (χ2v) is 5.11. The van der Waals surface area contributed by atoms with E-state index in [0.717, 1.165) is 6.42 Å². The van der Waals surface area contributed by atoms with Gasteiger partial charge in [0, 0.05) is 6.42 Å². The number of unbranched alkanes of at least 4 members (excludes halogenated alkanes) is 11. The summed E-state index contributed by atoms with van der Waals surface area (Å²) in [4.78, 5) is 10.5. The summed E-state index contributed by atoms with van der Waals surface area (Å²) in [6.45, 7) is 6.26. The number of rotatable bonds is 13. The molecule has 0 rings (SSSR count). The number of hydrogen-bond donors (Lipinski definition) is 1. The molecule has 2 nitrogen and oxygen atoms in total. The van der Waals surface area contributed by atoms with Crippen molar-refractivity contribution in [3.63, 3.8) is 0 Å². The number of nitrogens with two attached hydrogens (primary N) is 1. The van der Waals surface area contributed by atoms with Crippen LogP contribution in [0.1, 0.15) is 104 Å². The third-order valence-corrected chi connectivity index (χ3v) is 3.28. The van der Waals surface area contributed by atoms with Crippen molar-refractivity contribution in [1.82, 2.24) is 0 Å². The lowest BCUT2D eigenvalue weighted by Crippen LogP contribution is -2.09. The zero-order chi connectivity index (χ0) is 14.8. The van der Waals surface area contributed by atoms with E-state index < -0.39 is 0 Å². The van der Waals surface area contributed by atoms with Gasteiger partial charge in [-0.05, 0) is 6.42 Å². The highest BCUT2D eigenvalue weighted by Gasteiger charge is 1.95. The third-order valence-electron chi connectivity index (χ3n) is 3.28. The van der Waals surface area contributed by atoms with Gasteiger partial charge in [0.2, 0.25) is 5.91 Å². The van der Waals surface area contributed by atoms with Crippen LogP contribution in [0.4, 0.5) is 0 Å². The SMILES string of the molecule is CC.CCCCCCCCCCCCCCC(N)=O. The van der Waals surface area contributed by atoms with Gasteiger partial charge in [-0.1, -0.05) is 91.4 Å². The van der Waals surface area contributed by atoms with Gasteiger partial charge in [-0.3, -0.25) is 4.79 Å². The van der Waals surface area contributed by atoms with Crippen molar-refractivity contribution in [1.29, 1.82) is 0 Å². The molecule has 0 heterocycles. The summed E-state index contributed by atoms with van der Waals surface area (Å²) in [7, 11) is 0. The van der Waals surface area contributed by atoms with Crippen LogP contribution in [-0.2, 0) is 4.79 Å². The van der Waals surface area contributed by atoms with Gasteiger partial charge in [0.1, 0.15) is 0 Å². The molecule has 0 bridgehead atoms. The lowest BCUT2D eigenvalue weighted by atomic mass is 10.0. The van der Waals surface area contributed by atoms with Crippen LogP contribution in [0.3, 0.4) is 0 Å². The quantitative estimate of drug-likeness (QED) is 0.436. The van der Waals surface area contributed by atoms with Crippen LogP contribution in [0.15, 0.2) is 0 Å². The number of carbonyl (C=O) groups is 1. The Hall–Kier alpha value is -0.530. The first kappa shape index (κ1) is 20.8. The first-order chi connectivity index (χ1) is 9.27. The summed E-state index contributed by atoms with van der Waals surface area (Å²) >= 11 is 0. The zero-order valence-corrected chi connectivity index (χ0v) is 13.7.